The molecule has 146 valence electrons. The van der Waals surface area contributed by atoms with Gasteiger partial charge in [-0.3, -0.25) is 9.36 Å². The summed E-state index contributed by atoms with van der Waals surface area (Å²) >= 11 is 0. The van der Waals surface area contributed by atoms with Crippen molar-refractivity contribution in [3.8, 4) is 22.5 Å². The molecule has 1 unspecified atom stereocenters. The molecule has 0 saturated heterocycles. The largest absolute Gasteiger partial charge is 0.391 e. The lowest BCUT2D eigenvalue weighted by Gasteiger charge is -2.12. The predicted molar refractivity (Wildman–Crippen MR) is 107 cm³/mol. The van der Waals surface area contributed by atoms with Crippen molar-refractivity contribution in [2.45, 2.75) is 52.3 Å². The molecule has 0 aliphatic rings. The van der Waals surface area contributed by atoms with Crippen LogP contribution in [0.5, 0.6) is 0 Å². The zero-order valence-corrected chi connectivity index (χ0v) is 16.4. The Morgan fingerprint density at radius 1 is 1.00 bits per heavy atom. The highest BCUT2D eigenvalue weighted by Gasteiger charge is 2.15. The van der Waals surface area contributed by atoms with E-state index < -0.39 is 6.10 Å². The number of fused-ring (bicyclic) bond motifs is 1. The van der Waals surface area contributed by atoms with Crippen LogP contribution in [-0.2, 0) is 6.54 Å². The molecule has 28 heavy (non-hydrogen) atoms. The van der Waals surface area contributed by atoms with Gasteiger partial charge in [-0.2, -0.15) is 15.3 Å². The summed E-state index contributed by atoms with van der Waals surface area (Å²) in [5, 5.41) is 22.9. The zero-order chi connectivity index (χ0) is 19.7. The highest BCUT2D eigenvalue weighted by molar-refractivity contribution is 5.78. The van der Waals surface area contributed by atoms with E-state index in [1.165, 1.54) is 0 Å². The van der Waals surface area contributed by atoms with Gasteiger partial charge in [0.2, 0.25) is 0 Å². The topological polar surface area (TPSA) is 86.1 Å². The third kappa shape index (κ3) is 3.43. The van der Waals surface area contributed by atoms with E-state index in [-0.39, 0.29) is 0 Å². The van der Waals surface area contributed by atoms with Crippen molar-refractivity contribution in [2.24, 2.45) is 0 Å². The van der Waals surface area contributed by atoms with Crippen LogP contribution in [0.3, 0.4) is 0 Å². The van der Waals surface area contributed by atoms with Crippen LogP contribution in [0.2, 0.25) is 0 Å². The van der Waals surface area contributed by atoms with Gasteiger partial charge >= 0.3 is 0 Å². The normalized spacial score (nSPS) is 12.9. The van der Waals surface area contributed by atoms with Gasteiger partial charge in [-0.05, 0) is 25.8 Å². The van der Waals surface area contributed by atoms with Gasteiger partial charge in [-0.1, -0.05) is 13.8 Å². The molecule has 4 aromatic rings. The van der Waals surface area contributed by atoms with E-state index >= 15 is 0 Å². The van der Waals surface area contributed by atoms with Crippen LogP contribution in [-0.4, -0.2) is 45.4 Å². The van der Waals surface area contributed by atoms with Crippen LogP contribution in [0.25, 0.3) is 28.0 Å². The first-order valence-corrected chi connectivity index (χ1v) is 9.68. The average Bonchev–Trinajstić information content (AvgIpc) is 3.42. The molecule has 0 aromatic carbocycles. The summed E-state index contributed by atoms with van der Waals surface area (Å²) in [5.41, 5.74) is 4.40. The molecule has 4 rings (SSSR count). The number of aromatic nitrogens is 7. The fourth-order valence-corrected chi connectivity index (χ4v) is 3.47. The van der Waals surface area contributed by atoms with Crippen LogP contribution in [0, 0.1) is 0 Å². The molecule has 0 saturated carbocycles. The second-order valence-corrected chi connectivity index (χ2v) is 7.12. The molecule has 1 atom stereocenters. The van der Waals surface area contributed by atoms with Crippen molar-refractivity contribution < 1.29 is 5.11 Å². The fourth-order valence-electron chi connectivity index (χ4n) is 3.47. The molecule has 0 bridgehead atoms. The molecular weight excluding hydrogens is 354 g/mol. The first kappa shape index (κ1) is 18.4. The number of rotatable bonds is 7. The molecule has 0 aliphatic carbocycles. The van der Waals surface area contributed by atoms with E-state index in [1.54, 1.807) is 24.0 Å². The summed E-state index contributed by atoms with van der Waals surface area (Å²) in [7, 11) is 0. The van der Waals surface area contributed by atoms with Crippen molar-refractivity contribution in [3.63, 3.8) is 0 Å². The summed E-state index contributed by atoms with van der Waals surface area (Å²) in [6, 6.07) is 2.34. The molecule has 0 radical (unpaired) electrons. The Kier molecular flexibility index (Phi) is 4.95. The third-order valence-electron chi connectivity index (χ3n) is 4.96. The minimum absolute atomic E-state index is 0.386. The maximum Gasteiger partial charge on any atom is 0.0999 e. The standard InChI is InChI=1S/C20H25N7O/c1-4-17(5-2)26-12-16(9-23-26)20-19-6-7-21-27(19)13-18(24-20)15-8-22-25(11-15)10-14(3)28/h6-9,11-14,17,28H,4-5,10H2,1-3H3. The number of aliphatic hydroxyl groups is 1. The maximum absolute atomic E-state index is 9.58. The Hall–Kier alpha value is -3.00. The van der Waals surface area contributed by atoms with Crippen LogP contribution in [0.4, 0.5) is 0 Å². The smallest absolute Gasteiger partial charge is 0.0999 e. The van der Waals surface area contributed by atoms with Crippen molar-refractivity contribution in [2.75, 3.05) is 0 Å². The summed E-state index contributed by atoms with van der Waals surface area (Å²) in [4.78, 5) is 4.90. The number of hydrogen-bond donors (Lipinski definition) is 1. The number of hydrogen-bond acceptors (Lipinski definition) is 5. The monoisotopic (exact) mass is 379 g/mol. The number of aliphatic hydroxyl groups excluding tert-OH is 1. The summed E-state index contributed by atoms with van der Waals surface area (Å²) in [6.45, 7) is 6.53. The first-order valence-electron chi connectivity index (χ1n) is 9.68. The van der Waals surface area contributed by atoms with Crippen molar-refractivity contribution in [1.82, 2.24) is 34.2 Å². The van der Waals surface area contributed by atoms with Crippen LogP contribution in [0.1, 0.15) is 39.7 Å². The van der Waals surface area contributed by atoms with Crippen LogP contribution in [0.15, 0.2) is 43.2 Å². The Labute approximate surface area is 163 Å². The molecule has 4 heterocycles. The lowest BCUT2D eigenvalue weighted by molar-refractivity contribution is 0.168. The van der Waals surface area contributed by atoms with Crippen LogP contribution < -0.4 is 0 Å². The number of nitrogens with zero attached hydrogens (tertiary/aromatic N) is 7. The van der Waals surface area contributed by atoms with Gasteiger partial charge in [0.05, 0.1) is 60.4 Å². The summed E-state index contributed by atoms with van der Waals surface area (Å²) < 4.78 is 5.58. The van der Waals surface area contributed by atoms with Gasteiger partial charge in [-0.25, -0.2) is 9.50 Å². The quantitative estimate of drug-likeness (QED) is 0.533. The van der Waals surface area contributed by atoms with Gasteiger partial charge in [0.1, 0.15) is 0 Å². The summed E-state index contributed by atoms with van der Waals surface area (Å²) in [6.07, 6.45) is 12.9. The molecule has 0 spiro atoms. The highest BCUT2D eigenvalue weighted by Crippen LogP contribution is 2.27. The van der Waals surface area contributed by atoms with E-state index in [2.05, 4.69) is 35.3 Å². The molecule has 0 amide bonds. The Bertz CT molecular complexity index is 1070. The van der Waals surface area contributed by atoms with Crippen molar-refractivity contribution in [1.29, 1.82) is 0 Å². The molecule has 8 heteroatoms. The van der Waals surface area contributed by atoms with E-state index in [4.69, 9.17) is 4.98 Å². The highest BCUT2D eigenvalue weighted by atomic mass is 16.3. The second-order valence-electron chi connectivity index (χ2n) is 7.12. The summed E-state index contributed by atoms with van der Waals surface area (Å²) in [5.74, 6) is 0. The van der Waals surface area contributed by atoms with Gasteiger partial charge in [-0.15, -0.1) is 0 Å². The van der Waals surface area contributed by atoms with E-state index in [9.17, 15) is 5.11 Å². The lowest BCUT2D eigenvalue weighted by Crippen LogP contribution is -2.11. The fraction of sp³-hybridized carbons (Fsp3) is 0.400. The van der Waals surface area contributed by atoms with E-state index in [1.807, 2.05) is 33.9 Å². The van der Waals surface area contributed by atoms with Crippen LogP contribution >= 0.6 is 0 Å². The molecule has 4 aromatic heterocycles. The molecule has 0 aliphatic heterocycles. The molecular formula is C20H25N7O. The SMILES string of the molecule is CCC(CC)n1cc(-c2nc(-c3cnn(CC(C)O)c3)cn3nccc23)cn1. The van der Waals surface area contributed by atoms with Crippen molar-refractivity contribution in [3.05, 3.63) is 43.2 Å². The van der Waals surface area contributed by atoms with E-state index in [0.29, 0.717) is 12.6 Å². The molecule has 1 N–H and O–H groups in total. The Morgan fingerprint density at radius 3 is 2.54 bits per heavy atom. The average molecular weight is 379 g/mol. The van der Waals surface area contributed by atoms with Gasteiger partial charge in [0.15, 0.2) is 0 Å². The predicted octanol–water partition coefficient (Wildman–Crippen LogP) is 3.20. The van der Waals surface area contributed by atoms with Crippen molar-refractivity contribution >= 4 is 5.52 Å². The minimum Gasteiger partial charge on any atom is -0.391 e. The first-order chi connectivity index (χ1) is 13.6. The van der Waals surface area contributed by atoms with Gasteiger partial charge < -0.3 is 5.11 Å². The Balaban J connectivity index is 1.77. The third-order valence-corrected chi connectivity index (χ3v) is 4.96. The van der Waals surface area contributed by atoms with Gasteiger partial charge in [0, 0.05) is 23.5 Å². The van der Waals surface area contributed by atoms with E-state index in [0.717, 1.165) is 40.9 Å². The zero-order valence-electron chi connectivity index (χ0n) is 16.4. The van der Waals surface area contributed by atoms with Gasteiger partial charge in [0.25, 0.3) is 0 Å². The second kappa shape index (κ2) is 7.55. The minimum atomic E-state index is -0.458. The molecule has 8 nitrogen and oxygen atoms in total. The Morgan fingerprint density at radius 2 is 1.79 bits per heavy atom. The lowest BCUT2D eigenvalue weighted by atomic mass is 10.1. The molecule has 0 fully saturated rings. The maximum atomic E-state index is 9.58.